The molecule has 152 valence electrons. The number of aryl methyl sites for hydroxylation is 2. The van der Waals surface area contributed by atoms with Crippen LogP contribution in [0.25, 0.3) is 10.2 Å². The van der Waals surface area contributed by atoms with Gasteiger partial charge in [0.15, 0.2) is 0 Å². The lowest BCUT2D eigenvalue weighted by molar-refractivity contribution is 0.145. The molecule has 0 radical (unpaired) electrons. The van der Waals surface area contributed by atoms with Crippen LogP contribution in [0.15, 0.2) is 34.2 Å². The number of nitrogens with zero attached hydrogens (tertiary/aromatic N) is 4. The van der Waals surface area contributed by atoms with Gasteiger partial charge in [-0.15, -0.1) is 11.3 Å². The molecule has 3 heterocycles. The molecule has 2 aromatic heterocycles. The first-order valence-electron chi connectivity index (χ1n) is 10.3. The quantitative estimate of drug-likeness (QED) is 0.567. The number of piperazine rings is 1. The lowest BCUT2D eigenvalue weighted by Crippen LogP contribution is -2.44. The monoisotopic (exact) mass is 428 g/mol. The molecule has 2 aliphatic rings. The molecule has 0 N–H and O–H groups in total. The summed E-state index contributed by atoms with van der Waals surface area (Å²) in [6.45, 7) is 5.08. The maximum absolute atomic E-state index is 13.4. The predicted molar refractivity (Wildman–Crippen MR) is 117 cm³/mol. The zero-order valence-corrected chi connectivity index (χ0v) is 18.3. The molecule has 5 rings (SSSR count). The van der Waals surface area contributed by atoms with E-state index in [1.165, 1.54) is 40.8 Å². The molecule has 0 spiro atoms. The van der Waals surface area contributed by atoms with Crippen LogP contribution in [0.5, 0.6) is 0 Å². The van der Waals surface area contributed by atoms with E-state index in [0.717, 1.165) is 66.1 Å². The third kappa shape index (κ3) is 4.19. The second-order valence-electron chi connectivity index (χ2n) is 7.97. The second kappa shape index (κ2) is 8.30. The van der Waals surface area contributed by atoms with Gasteiger partial charge < -0.3 is 4.90 Å². The summed E-state index contributed by atoms with van der Waals surface area (Å²) in [5, 5.41) is 2.27. The Hall–Kier alpha value is -1.54. The highest BCUT2D eigenvalue weighted by atomic mass is 32.2. The average Bonchev–Trinajstić information content (AvgIpc) is 3.10. The van der Waals surface area contributed by atoms with Crippen molar-refractivity contribution in [3.8, 4) is 0 Å². The minimum atomic E-state index is -0.203. The molecule has 0 atom stereocenters. The lowest BCUT2D eigenvalue weighted by Gasteiger charge is -2.31. The third-order valence-electron chi connectivity index (χ3n) is 5.82. The van der Waals surface area contributed by atoms with Crippen molar-refractivity contribution >= 4 is 33.3 Å². The minimum absolute atomic E-state index is 0.203. The highest BCUT2D eigenvalue weighted by Gasteiger charge is 2.23. The molecule has 1 aliphatic heterocycles. The molecule has 3 aromatic rings. The Morgan fingerprint density at radius 2 is 1.79 bits per heavy atom. The Balaban J connectivity index is 1.52. The van der Waals surface area contributed by atoms with Crippen molar-refractivity contribution in [2.45, 2.75) is 42.1 Å². The number of hydrogen-bond acceptors (Lipinski definition) is 6. The van der Waals surface area contributed by atoms with E-state index in [-0.39, 0.29) is 5.82 Å². The Kier molecular flexibility index (Phi) is 5.56. The van der Waals surface area contributed by atoms with Crippen LogP contribution in [0.1, 0.15) is 29.1 Å². The van der Waals surface area contributed by atoms with Crippen LogP contribution in [0, 0.1) is 5.82 Å². The molecule has 1 saturated heterocycles. The predicted octanol–water partition coefficient (Wildman–Crippen LogP) is 4.61. The molecule has 29 heavy (non-hydrogen) atoms. The van der Waals surface area contributed by atoms with Gasteiger partial charge in [0.25, 0.3) is 0 Å². The molecule has 1 aromatic carbocycles. The number of hydrogen-bond donors (Lipinski definition) is 0. The molecule has 1 fully saturated rings. The molecular weight excluding hydrogens is 403 g/mol. The van der Waals surface area contributed by atoms with Crippen LogP contribution in [-0.2, 0) is 19.4 Å². The van der Waals surface area contributed by atoms with Crippen LogP contribution in [-0.4, -0.2) is 53.0 Å². The van der Waals surface area contributed by atoms with Crippen molar-refractivity contribution in [3.05, 3.63) is 46.3 Å². The topological polar surface area (TPSA) is 32.3 Å². The van der Waals surface area contributed by atoms with Gasteiger partial charge in [-0.1, -0.05) is 11.8 Å². The summed E-state index contributed by atoms with van der Waals surface area (Å²) in [6, 6.07) is 6.73. The number of rotatable bonds is 4. The summed E-state index contributed by atoms with van der Waals surface area (Å²) in [7, 11) is 2.17. The molecular formula is C22H25FN4S2. The molecule has 0 saturated carbocycles. The van der Waals surface area contributed by atoms with E-state index >= 15 is 0 Å². The number of thiophene rings is 1. The summed E-state index contributed by atoms with van der Waals surface area (Å²) in [5.41, 5.74) is 1.45. The normalized spacial score (nSPS) is 18.3. The molecule has 0 amide bonds. The van der Waals surface area contributed by atoms with Gasteiger partial charge in [-0.25, -0.2) is 14.4 Å². The van der Waals surface area contributed by atoms with E-state index < -0.39 is 0 Å². The zero-order valence-electron chi connectivity index (χ0n) is 16.7. The van der Waals surface area contributed by atoms with Crippen molar-refractivity contribution < 1.29 is 4.39 Å². The smallest absolute Gasteiger partial charge is 0.145 e. The van der Waals surface area contributed by atoms with Gasteiger partial charge in [0, 0.05) is 41.3 Å². The Morgan fingerprint density at radius 3 is 2.59 bits per heavy atom. The van der Waals surface area contributed by atoms with Crippen molar-refractivity contribution in [3.63, 3.8) is 0 Å². The number of halogens is 1. The van der Waals surface area contributed by atoms with Crippen LogP contribution in [0.4, 0.5) is 4.39 Å². The lowest BCUT2D eigenvalue weighted by atomic mass is 9.97. The van der Waals surface area contributed by atoms with Crippen LogP contribution >= 0.6 is 23.1 Å². The standard InChI is InChI=1S/C22H25FN4S2/c1-26-10-12-27(13-11-26)14-19-24-21(28-16-8-6-15(23)7-9-16)20-17-4-2-3-5-18(17)29-22(20)25-19/h6-9H,2-5,10-14H2,1H3. The highest BCUT2D eigenvalue weighted by Crippen LogP contribution is 2.41. The first-order valence-corrected chi connectivity index (χ1v) is 11.9. The molecule has 1 aliphatic carbocycles. The first kappa shape index (κ1) is 19.4. The van der Waals surface area contributed by atoms with Crippen molar-refractivity contribution in [1.82, 2.24) is 19.8 Å². The SMILES string of the molecule is CN1CCN(Cc2nc(Sc3ccc(F)cc3)c3c4c(sc3n2)CCCC4)CC1. The van der Waals surface area contributed by atoms with E-state index in [9.17, 15) is 4.39 Å². The van der Waals surface area contributed by atoms with Crippen molar-refractivity contribution in [2.75, 3.05) is 33.2 Å². The van der Waals surface area contributed by atoms with Crippen LogP contribution in [0.3, 0.4) is 0 Å². The number of benzene rings is 1. The van der Waals surface area contributed by atoms with E-state index in [0.29, 0.717) is 0 Å². The van der Waals surface area contributed by atoms with Gasteiger partial charge in [-0.3, -0.25) is 4.90 Å². The summed E-state index contributed by atoms with van der Waals surface area (Å²) in [6.07, 6.45) is 4.78. The molecule has 0 bridgehead atoms. The molecule has 4 nitrogen and oxygen atoms in total. The van der Waals surface area contributed by atoms with Gasteiger partial charge in [0.2, 0.25) is 0 Å². The highest BCUT2D eigenvalue weighted by molar-refractivity contribution is 7.99. The van der Waals surface area contributed by atoms with E-state index in [1.54, 1.807) is 11.8 Å². The third-order valence-corrected chi connectivity index (χ3v) is 8.00. The summed E-state index contributed by atoms with van der Waals surface area (Å²) >= 11 is 3.49. The van der Waals surface area contributed by atoms with Gasteiger partial charge in [0.05, 0.1) is 6.54 Å². The number of likely N-dealkylation sites (N-methyl/N-ethyl adjacent to an activating group) is 1. The van der Waals surface area contributed by atoms with Crippen LogP contribution < -0.4 is 0 Å². The fourth-order valence-corrected chi connectivity index (χ4v) is 6.44. The van der Waals surface area contributed by atoms with Gasteiger partial charge >= 0.3 is 0 Å². The second-order valence-corrected chi connectivity index (χ2v) is 10.1. The van der Waals surface area contributed by atoms with Crippen molar-refractivity contribution in [1.29, 1.82) is 0 Å². The Bertz CT molecular complexity index is 1010. The minimum Gasteiger partial charge on any atom is -0.304 e. The maximum Gasteiger partial charge on any atom is 0.145 e. The van der Waals surface area contributed by atoms with Gasteiger partial charge in [-0.05, 0) is 62.6 Å². The first-order chi connectivity index (χ1) is 14.2. The summed E-state index contributed by atoms with van der Waals surface area (Å²) in [4.78, 5) is 18.5. The largest absolute Gasteiger partial charge is 0.304 e. The van der Waals surface area contributed by atoms with E-state index in [2.05, 4.69) is 16.8 Å². The summed E-state index contributed by atoms with van der Waals surface area (Å²) in [5.74, 6) is 0.705. The molecule has 0 unspecified atom stereocenters. The van der Waals surface area contributed by atoms with Gasteiger partial charge in [0.1, 0.15) is 21.5 Å². The zero-order chi connectivity index (χ0) is 19.8. The van der Waals surface area contributed by atoms with E-state index in [1.807, 2.05) is 23.5 Å². The molecule has 7 heteroatoms. The maximum atomic E-state index is 13.4. The Labute approximate surface area is 179 Å². The average molecular weight is 429 g/mol. The number of fused-ring (bicyclic) bond motifs is 3. The fourth-order valence-electron chi connectivity index (χ4n) is 4.13. The van der Waals surface area contributed by atoms with Crippen LogP contribution in [0.2, 0.25) is 0 Å². The fraction of sp³-hybridized carbons (Fsp3) is 0.455. The number of aromatic nitrogens is 2. The van der Waals surface area contributed by atoms with E-state index in [4.69, 9.17) is 9.97 Å². The van der Waals surface area contributed by atoms with Crippen molar-refractivity contribution in [2.24, 2.45) is 0 Å². The Morgan fingerprint density at radius 1 is 1.03 bits per heavy atom. The summed E-state index contributed by atoms with van der Waals surface area (Å²) < 4.78 is 13.4. The van der Waals surface area contributed by atoms with Gasteiger partial charge in [-0.2, -0.15) is 0 Å².